The van der Waals surface area contributed by atoms with Gasteiger partial charge in [0.05, 0.1) is 18.8 Å². The van der Waals surface area contributed by atoms with Crippen LogP contribution in [0.4, 0.5) is 0 Å². The highest BCUT2D eigenvalue weighted by Crippen LogP contribution is 2.20. The van der Waals surface area contributed by atoms with Crippen LogP contribution >= 0.6 is 0 Å². The summed E-state index contributed by atoms with van der Waals surface area (Å²) in [5, 5.41) is 44.2. The standard InChI is InChI=1S/C73H143NO5/c1-3-5-7-9-11-13-15-17-19-21-23-25-27-29-31-32-33-34-35-36-37-38-39-41-43-45-47-49-51-53-55-57-59-61-63-65-67-71(77)73(79)74-69(68-75)72(78)70(76)66-64-62-60-58-56-54-52-50-48-46-44-42-40-30-28-26-24-22-20-18-16-14-12-10-8-6-4-2/h34-35,58,60,69-72,75-78H,3-33,36-57,59,61-68H2,1-2H3,(H,74,79)/b35-34-,60-58+. The minimum absolute atomic E-state index is 0.367. The van der Waals surface area contributed by atoms with Gasteiger partial charge in [-0.05, 0) is 64.2 Å². The minimum Gasteiger partial charge on any atom is -0.394 e. The Morgan fingerprint density at radius 1 is 0.304 bits per heavy atom. The molecule has 0 bridgehead atoms. The highest BCUT2D eigenvalue weighted by molar-refractivity contribution is 5.80. The lowest BCUT2D eigenvalue weighted by molar-refractivity contribution is -0.132. The quantitative estimate of drug-likeness (QED) is 0.0308. The third-order valence-electron chi connectivity index (χ3n) is 17.4. The Kier molecular flexibility index (Phi) is 66.5. The number of nitrogens with one attached hydrogen (secondary N) is 1. The first-order valence-electron chi connectivity index (χ1n) is 36.2. The second-order valence-electron chi connectivity index (χ2n) is 25.3. The molecular formula is C73H143NO5. The average molecular weight is 1110 g/mol. The van der Waals surface area contributed by atoms with Crippen LogP contribution in [0.25, 0.3) is 0 Å². The number of allylic oxidation sites excluding steroid dienone is 4. The van der Waals surface area contributed by atoms with E-state index in [4.69, 9.17) is 0 Å². The van der Waals surface area contributed by atoms with E-state index in [1.807, 2.05) is 0 Å². The third-order valence-corrected chi connectivity index (χ3v) is 17.4. The van der Waals surface area contributed by atoms with E-state index < -0.39 is 36.9 Å². The maximum atomic E-state index is 12.7. The van der Waals surface area contributed by atoms with E-state index >= 15 is 0 Å². The van der Waals surface area contributed by atoms with Gasteiger partial charge in [0.15, 0.2) is 0 Å². The Bertz CT molecular complexity index is 1210. The normalized spacial score (nSPS) is 13.5. The van der Waals surface area contributed by atoms with E-state index in [0.717, 1.165) is 38.5 Å². The zero-order valence-electron chi connectivity index (χ0n) is 53.7. The van der Waals surface area contributed by atoms with E-state index in [0.29, 0.717) is 12.8 Å². The van der Waals surface area contributed by atoms with Crippen LogP contribution < -0.4 is 5.32 Å². The molecule has 5 N–H and O–H groups in total. The van der Waals surface area contributed by atoms with Crippen molar-refractivity contribution in [2.75, 3.05) is 6.61 Å². The number of aliphatic hydroxyl groups excluding tert-OH is 4. The molecule has 0 spiro atoms. The molecule has 0 rings (SSSR count). The summed E-state index contributed by atoms with van der Waals surface area (Å²) < 4.78 is 0. The fraction of sp³-hybridized carbons (Fsp3) is 0.932. The largest absolute Gasteiger partial charge is 0.394 e. The van der Waals surface area contributed by atoms with Gasteiger partial charge < -0.3 is 25.7 Å². The van der Waals surface area contributed by atoms with Crippen LogP contribution in [0.1, 0.15) is 406 Å². The summed E-state index contributed by atoms with van der Waals surface area (Å²) in [5.74, 6) is -0.586. The maximum absolute atomic E-state index is 12.7. The predicted molar refractivity (Wildman–Crippen MR) is 348 cm³/mol. The molecule has 6 nitrogen and oxygen atoms in total. The number of unbranched alkanes of at least 4 members (excludes halogenated alkanes) is 55. The Balaban J connectivity index is 3.54. The molecule has 0 aliphatic heterocycles. The van der Waals surface area contributed by atoms with Gasteiger partial charge in [0.2, 0.25) is 5.91 Å². The molecule has 0 saturated carbocycles. The summed E-state index contributed by atoms with van der Waals surface area (Å²) in [7, 11) is 0. The number of amides is 1. The summed E-state index contributed by atoms with van der Waals surface area (Å²) in [4.78, 5) is 12.7. The first kappa shape index (κ1) is 77.8. The van der Waals surface area contributed by atoms with E-state index in [9.17, 15) is 25.2 Å². The zero-order chi connectivity index (χ0) is 57.3. The molecule has 0 fully saturated rings. The van der Waals surface area contributed by atoms with E-state index in [1.165, 1.54) is 340 Å². The fourth-order valence-corrected chi connectivity index (χ4v) is 11.8. The molecule has 0 aromatic heterocycles. The summed E-state index contributed by atoms with van der Waals surface area (Å²) in [6, 6.07) is -1.00. The van der Waals surface area contributed by atoms with Crippen LogP contribution in [0.3, 0.4) is 0 Å². The molecule has 4 unspecified atom stereocenters. The van der Waals surface area contributed by atoms with Crippen LogP contribution in [-0.2, 0) is 4.79 Å². The monoisotopic (exact) mass is 1110 g/mol. The number of hydrogen-bond acceptors (Lipinski definition) is 5. The van der Waals surface area contributed by atoms with Crippen molar-refractivity contribution >= 4 is 5.91 Å². The fourth-order valence-electron chi connectivity index (χ4n) is 11.8. The number of carbonyl (C=O) groups excluding carboxylic acids is 1. The number of carbonyl (C=O) groups is 1. The van der Waals surface area contributed by atoms with Crippen molar-refractivity contribution in [2.45, 2.75) is 430 Å². The summed E-state index contributed by atoms with van der Waals surface area (Å²) in [6.45, 7) is 4.10. The van der Waals surface area contributed by atoms with Crippen molar-refractivity contribution < 1.29 is 25.2 Å². The number of hydrogen-bond donors (Lipinski definition) is 5. The molecule has 4 atom stereocenters. The first-order valence-corrected chi connectivity index (χ1v) is 36.2. The first-order chi connectivity index (χ1) is 39.0. The molecule has 0 radical (unpaired) electrons. The van der Waals surface area contributed by atoms with Crippen LogP contribution in [0.2, 0.25) is 0 Å². The van der Waals surface area contributed by atoms with Gasteiger partial charge in [-0.3, -0.25) is 4.79 Å². The smallest absolute Gasteiger partial charge is 0.249 e. The summed E-state index contributed by atoms with van der Waals surface area (Å²) in [5.41, 5.74) is 0. The molecule has 1 amide bonds. The zero-order valence-corrected chi connectivity index (χ0v) is 53.7. The lowest BCUT2D eigenvalue weighted by Gasteiger charge is -2.27. The maximum Gasteiger partial charge on any atom is 0.249 e. The highest BCUT2D eigenvalue weighted by atomic mass is 16.3. The summed E-state index contributed by atoms with van der Waals surface area (Å²) in [6.07, 6.45) is 86.1. The van der Waals surface area contributed by atoms with Crippen molar-refractivity contribution in [2.24, 2.45) is 0 Å². The van der Waals surface area contributed by atoms with Gasteiger partial charge in [-0.15, -0.1) is 0 Å². The van der Waals surface area contributed by atoms with Gasteiger partial charge in [0.25, 0.3) is 0 Å². The van der Waals surface area contributed by atoms with Crippen LogP contribution in [0, 0.1) is 0 Å². The van der Waals surface area contributed by atoms with Crippen molar-refractivity contribution in [3.05, 3.63) is 24.3 Å². The van der Waals surface area contributed by atoms with Gasteiger partial charge in [-0.25, -0.2) is 0 Å². The van der Waals surface area contributed by atoms with Crippen molar-refractivity contribution in [1.82, 2.24) is 5.32 Å². The van der Waals surface area contributed by atoms with Crippen molar-refractivity contribution in [1.29, 1.82) is 0 Å². The predicted octanol–water partition coefficient (Wildman–Crippen LogP) is 22.5. The molecule has 79 heavy (non-hydrogen) atoms. The van der Waals surface area contributed by atoms with E-state index in [1.54, 1.807) is 0 Å². The van der Waals surface area contributed by atoms with Gasteiger partial charge in [0.1, 0.15) is 12.2 Å². The Morgan fingerprint density at radius 3 is 0.759 bits per heavy atom. The Morgan fingerprint density at radius 2 is 0.519 bits per heavy atom. The molecule has 6 heteroatoms. The molecule has 470 valence electrons. The molecule has 0 aromatic carbocycles. The Labute approximate surface area is 495 Å². The molecule has 0 aliphatic rings. The van der Waals surface area contributed by atoms with Crippen LogP contribution in [0.15, 0.2) is 24.3 Å². The highest BCUT2D eigenvalue weighted by Gasteiger charge is 2.28. The Hall–Kier alpha value is -1.21. The molecule has 0 aliphatic carbocycles. The third kappa shape index (κ3) is 61.2. The molecule has 0 aromatic rings. The molecular weight excluding hydrogens is 971 g/mol. The number of rotatable bonds is 68. The van der Waals surface area contributed by atoms with Gasteiger partial charge >= 0.3 is 0 Å². The number of aliphatic hydroxyl groups is 4. The van der Waals surface area contributed by atoms with Crippen molar-refractivity contribution in [3.8, 4) is 0 Å². The topological polar surface area (TPSA) is 110 Å². The average Bonchev–Trinajstić information content (AvgIpc) is 3.45. The van der Waals surface area contributed by atoms with E-state index in [-0.39, 0.29) is 0 Å². The van der Waals surface area contributed by atoms with Crippen LogP contribution in [0.5, 0.6) is 0 Å². The second kappa shape index (κ2) is 67.6. The van der Waals surface area contributed by atoms with Gasteiger partial charge in [-0.2, -0.15) is 0 Å². The second-order valence-corrected chi connectivity index (χ2v) is 25.3. The SMILES string of the molecule is CCCCCCCCCCCCCCCCCC/C=C\CCCCCCCCCCCCCCCCCCC(O)C(=O)NC(CO)C(O)C(O)CCC/C=C/CCCCCCCCCCCCCCCCCCCCCCCC. The summed E-state index contributed by atoms with van der Waals surface area (Å²) >= 11 is 0. The van der Waals surface area contributed by atoms with Crippen LogP contribution in [-0.4, -0.2) is 57.3 Å². The minimum atomic E-state index is -1.28. The lowest BCUT2D eigenvalue weighted by atomic mass is 10.00. The van der Waals surface area contributed by atoms with Gasteiger partial charge in [-0.1, -0.05) is 366 Å². The molecule has 0 heterocycles. The van der Waals surface area contributed by atoms with Crippen molar-refractivity contribution in [3.63, 3.8) is 0 Å². The lowest BCUT2D eigenvalue weighted by Crippen LogP contribution is -2.53. The van der Waals surface area contributed by atoms with Gasteiger partial charge in [0, 0.05) is 0 Å². The van der Waals surface area contributed by atoms with E-state index in [2.05, 4.69) is 43.5 Å². The molecule has 0 saturated heterocycles.